The number of benzene rings is 1. The van der Waals surface area contributed by atoms with Crippen LogP contribution in [0.4, 0.5) is 0 Å². The third-order valence-corrected chi connectivity index (χ3v) is 4.35. The van der Waals surface area contributed by atoms with Crippen molar-refractivity contribution >= 4 is 10.3 Å². The predicted octanol–water partition coefficient (Wildman–Crippen LogP) is 1.50. The van der Waals surface area contributed by atoms with Crippen LogP contribution < -0.4 is 9.88 Å². The molecule has 3 rings (SSSR count). The van der Waals surface area contributed by atoms with E-state index in [0.717, 1.165) is 37.0 Å². The number of para-hydroxylation sites is 1. The molecule has 0 radical (unpaired) electrons. The molecular weight excluding hydrogens is 294 g/mol. The van der Waals surface area contributed by atoms with E-state index in [9.17, 15) is 8.42 Å². The second-order valence-corrected chi connectivity index (χ2v) is 6.77. The quantitative estimate of drug-likeness (QED) is 0.913. The number of hydrogen-bond acceptors (Lipinski definition) is 5. The van der Waals surface area contributed by atoms with E-state index in [4.69, 9.17) is 18.8 Å². The summed E-state index contributed by atoms with van der Waals surface area (Å²) in [6.07, 6.45) is 3.80. The molecule has 21 heavy (non-hydrogen) atoms. The molecule has 2 aliphatic rings. The van der Waals surface area contributed by atoms with Crippen molar-refractivity contribution in [1.29, 1.82) is 0 Å². The number of rotatable bonds is 3. The Hall–Kier alpha value is -1.15. The molecule has 1 aromatic carbocycles. The largest absolute Gasteiger partial charge is 0.462 e. The maximum atomic E-state index is 11.0. The Kier molecular flexibility index (Phi) is 3.92. The molecule has 0 aromatic heterocycles. The first kappa shape index (κ1) is 14.8. The fourth-order valence-electron chi connectivity index (χ4n) is 2.98. The molecule has 1 heterocycles. The highest BCUT2D eigenvalue weighted by Crippen LogP contribution is 2.40. The van der Waals surface area contributed by atoms with E-state index < -0.39 is 22.2 Å². The lowest BCUT2D eigenvalue weighted by Gasteiger charge is -2.31. The van der Waals surface area contributed by atoms with Gasteiger partial charge in [0.05, 0.1) is 12.7 Å². The number of ether oxygens (including phenoxy) is 2. The Morgan fingerprint density at radius 2 is 2.00 bits per heavy atom. The molecule has 0 bridgehead atoms. The van der Waals surface area contributed by atoms with E-state index in [1.165, 1.54) is 0 Å². The van der Waals surface area contributed by atoms with Gasteiger partial charge in [-0.2, -0.15) is 8.42 Å². The van der Waals surface area contributed by atoms with E-state index >= 15 is 0 Å². The Bertz CT molecular complexity index is 610. The van der Waals surface area contributed by atoms with Crippen molar-refractivity contribution in [3.8, 4) is 5.75 Å². The molecule has 0 saturated heterocycles. The van der Waals surface area contributed by atoms with Crippen molar-refractivity contribution in [3.63, 3.8) is 0 Å². The topological polar surface area (TPSA) is 87.9 Å². The van der Waals surface area contributed by atoms with Gasteiger partial charge in [-0.1, -0.05) is 18.2 Å². The van der Waals surface area contributed by atoms with Crippen LogP contribution in [0.1, 0.15) is 31.2 Å². The molecule has 0 amide bonds. The molecule has 7 heteroatoms. The molecule has 1 fully saturated rings. The van der Waals surface area contributed by atoms with Crippen LogP contribution in [0.25, 0.3) is 0 Å². The minimum absolute atomic E-state index is 0.0989. The third-order valence-electron chi connectivity index (χ3n) is 3.88. The zero-order chi connectivity index (χ0) is 14.9. The minimum Gasteiger partial charge on any atom is -0.462 e. The molecule has 2 N–H and O–H groups in total. The first-order valence-corrected chi connectivity index (χ1v) is 8.55. The van der Waals surface area contributed by atoms with Crippen molar-refractivity contribution in [1.82, 2.24) is 0 Å². The summed E-state index contributed by atoms with van der Waals surface area (Å²) >= 11 is 0. The molecule has 116 valence electrons. The van der Waals surface area contributed by atoms with Crippen LogP contribution in [0.5, 0.6) is 5.75 Å². The summed E-state index contributed by atoms with van der Waals surface area (Å²) in [4.78, 5) is 0. The average molecular weight is 313 g/mol. The monoisotopic (exact) mass is 313 g/mol. The van der Waals surface area contributed by atoms with Crippen LogP contribution in [0.15, 0.2) is 24.3 Å². The summed E-state index contributed by atoms with van der Waals surface area (Å²) in [6.45, 7) is -0.0989. The first-order chi connectivity index (χ1) is 9.96. The van der Waals surface area contributed by atoms with Crippen LogP contribution in [-0.2, 0) is 25.6 Å². The van der Waals surface area contributed by atoms with Crippen molar-refractivity contribution in [2.75, 3.05) is 6.61 Å². The SMILES string of the molecule is NS(=O)(=O)OCC1Cc2ccccc2OC2(CCCC2)O1. The zero-order valence-corrected chi connectivity index (χ0v) is 12.5. The van der Waals surface area contributed by atoms with Crippen LogP contribution in [0, 0.1) is 0 Å². The van der Waals surface area contributed by atoms with E-state index in [2.05, 4.69) is 0 Å². The van der Waals surface area contributed by atoms with E-state index in [0.29, 0.717) is 6.42 Å². The fraction of sp³-hybridized carbons (Fsp3) is 0.571. The first-order valence-electron chi connectivity index (χ1n) is 7.08. The smallest absolute Gasteiger partial charge is 0.333 e. The highest BCUT2D eigenvalue weighted by molar-refractivity contribution is 7.84. The van der Waals surface area contributed by atoms with Crippen molar-refractivity contribution in [2.24, 2.45) is 5.14 Å². The van der Waals surface area contributed by atoms with E-state index in [1.54, 1.807) is 0 Å². The van der Waals surface area contributed by atoms with Crippen LogP contribution >= 0.6 is 0 Å². The molecule has 1 saturated carbocycles. The summed E-state index contributed by atoms with van der Waals surface area (Å²) in [5, 5.41) is 4.89. The average Bonchev–Trinajstić information content (AvgIpc) is 2.78. The van der Waals surface area contributed by atoms with Crippen LogP contribution in [-0.4, -0.2) is 26.9 Å². The van der Waals surface area contributed by atoms with Gasteiger partial charge in [0.25, 0.3) is 0 Å². The molecule has 1 spiro atoms. The lowest BCUT2D eigenvalue weighted by molar-refractivity contribution is -0.205. The Morgan fingerprint density at radius 3 is 2.71 bits per heavy atom. The van der Waals surface area contributed by atoms with Gasteiger partial charge in [-0.3, -0.25) is 4.18 Å². The Labute approximate surface area is 124 Å². The van der Waals surface area contributed by atoms with Gasteiger partial charge in [-0.15, -0.1) is 0 Å². The fourth-order valence-corrected chi connectivity index (χ4v) is 3.33. The van der Waals surface area contributed by atoms with Crippen molar-refractivity contribution in [2.45, 2.75) is 44.0 Å². The zero-order valence-electron chi connectivity index (χ0n) is 11.7. The Balaban J connectivity index is 1.84. The normalized spacial score (nSPS) is 24.3. The van der Waals surface area contributed by atoms with Gasteiger partial charge >= 0.3 is 10.3 Å². The maximum Gasteiger partial charge on any atom is 0.333 e. The highest BCUT2D eigenvalue weighted by atomic mass is 32.2. The second-order valence-electron chi connectivity index (χ2n) is 5.55. The molecule has 1 aliphatic carbocycles. The maximum absolute atomic E-state index is 11.0. The van der Waals surface area contributed by atoms with Crippen LogP contribution in [0.2, 0.25) is 0 Å². The third kappa shape index (κ3) is 3.55. The summed E-state index contributed by atoms with van der Waals surface area (Å²) in [7, 11) is -3.97. The molecule has 6 nitrogen and oxygen atoms in total. The minimum atomic E-state index is -3.97. The number of fused-ring (bicyclic) bond motifs is 1. The molecular formula is C14H19NO5S. The Morgan fingerprint density at radius 1 is 1.29 bits per heavy atom. The van der Waals surface area contributed by atoms with Gasteiger partial charge < -0.3 is 9.47 Å². The van der Waals surface area contributed by atoms with Gasteiger partial charge in [-0.05, 0) is 24.5 Å². The summed E-state index contributed by atoms with van der Waals surface area (Å²) in [6, 6.07) is 7.72. The summed E-state index contributed by atoms with van der Waals surface area (Å²) in [5.41, 5.74) is 0.990. The van der Waals surface area contributed by atoms with Gasteiger partial charge in [-0.25, -0.2) is 5.14 Å². The summed E-state index contributed by atoms with van der Waals surface area (Å²) in [5.74, 6) is 0.136. The number of hydrogen-bond donors (Lipinski definition) is 1. The number of nitrogens with two attached hydrogens (primary N) is 1. The van der Waals surface area contributed by atoms with Crippen molar-refractivity contribution < 1.29 is 22.1 Å². The molecule has 1 atom stereocenters. The lowest BCUT2D eigenvalue weighted by atomic mass is 10.1. The van der Waals surface area contributed by atoms with E-state index in [-0.39, 0.29) is 6.61 Å². The van der Waals surface area contributed by atoms with Gasteiger partial charge in [0.2, 0.25) is 5.79 Å². The standard InChI is InChI=1S/C14H19NO5S/c15-21(16,17)18-10-12-9-11-5-1-2-6-13(11)20-14(19-12)7-3-4-8-14/h1-2,5-6,12H,3-4,7-10H2,(H2,15,16,17). The molecule has 1 aliphatic heterocycles. The van der Waals surface area contributed by atoms with Crippen molar-refractivity contribution in [3.05, 3.63) is 29.8 Å². The van der Waals surface area contributed by atoms with Gasteiger partial charge in [0, 0.05) is 19.3 Å². The summed E-state index contributed by atoms with van der Waals surface area (Å²) < 4.78 is 38.9. The van der Waals surface area contributed by atoms with Gasteiger partial charge in [0.15, 0.2) is 0 Å². The van der Waals surface area contributed by atoms with E-state index in [1.807, 2.05) is 24.3 Å². The second kappa shape index (κ2) is 5.57. The predicted molar refractivity (Wildman–Crippen MR) is 75.9 cm³/mol. The molecule has 1 aromatic rings. The lowest BCUT2D eigenvalue weighted by Crippen LogP contribution is -2.40. The highest BCUT2D eigenvalue weighted by Gasteiger charge is 2.42. The molecule has 1 unspecified atom stereocenters. The van der Waals surface area contributed by atoms with Crippen LogP contribution in [0.3, 0.4) is 0 Å². The van der Waals surface area contributed by atoms with Gasteiger partial charge in [0.1, 0.15) is 5.75 Å².